The van der Waals surface area contributed by atoms with Crippen molar-refractivity contribution in [1.29, 1.82) is 5.26 Å². The summed E-state index contributed by atoms with van der Waals surface area (Å²) in [6.07, 6.45) is 1.51. The number of benzene rings is 2. The highest BCUT2D eigenvalue weighted by Crippen LogP contribution is 2.29. The van der Waals surface area contributed by atoms with Gasteiger partial charge in [-0.05, 0) is 43.3 Å². The smallest absolute Gasteiger partial charge is 0.239 e. The molecule has 0 fully saturated rings. The number of hydrogen-bond donors (Lipinski definition) is 0. The van der Waals surface area contributed by atoms with E-state index in [0.717, 1.165) is 15.8 Å². The summed E-state index contributed by atoms with van der Waals surface area (Å²) in [5, 5.41) is 9.92. The normalized spacial score (nSPS) is 12.2. The van der Waals surface area contributed by atoms with Crippen molar-refractivity contribution in [2.45, 2.75) is 16.9 Å². The number of nitrogens with zero attached hydrogens (tertiary/aromatic N) is 2. The predicted octanol–water partition coefficient (Wildman–Crippen LogP) is 5.09. The maximum Gasteiger partial charge on any atom is 0.239 e. The van der Waals surface area contributed by atoms with Crippen LogP contribution in [-0.2, 0) is 9.84 Å². The molecule has 5 nitrogen and oxygen atoms in total. The second-order valence-electron chi connectivity index (χ2n) is 6.13. The molecule has 4 rings (SSSR count). The van der Waals surface area contributed by atoms with E-state index in [1.807, 2.05) is 31.2 Å². The van der Waals surface area contributed by atoms with E-state index >= 15 is 0 Å². The number of hydrogen-bond acceptors (Lipinski definition) is 6. The summed E-state index contributed by atoms with van der Waals surface area (Å²) in [6.45, 7) is 1.89. The average molecular weight is 406 g/mol. The van der Waals surface area contributed by atoms with Crippen LogP contribution in [-0.4, -0.2) is 13.4 Å². The summed E-state index contributed by atoms with van der Waals surface area (Å²) in [7, 11) is -3.75. The minimum Gasteiger partial charge on any atom is -0.445 e. The molecule has 0 N–H and O–H groups in total. The van der Waals surface area contributed by atoms with Gasteiger partial charge in [0, 0.05) is 6.08 Å². The van der Waals surface area contributed by atoms with Gasteiger partial charge in [-0.15, -0.1) is 11.3 Å². The fourth-order valence-corrected chi connectivity index (χ4v) is 4.77. The van der Waals surface area contributed by atoms with Gasteiger partial charge in [-0.1, -0.05) is 29.8 Å². The largest absolute Gasteiger partial charge is 0.445 e. The third-order valence-electron chi connectivity index (χ3n) is 4.13. The average Bonchev–Trinajstić information content (AvgIpc) is 3.33. The van der Waals surface area contributed by atoms with Gasteiger partial charge in [0.15, 0.2) is 0 Å². The van der Waals surface area contributed by atoms with Gasteiger partial charge in [-0.2, -0.15) is 5.26 Å². The number of para-hydroxylation sites is 1. The highest BCUT2D eigenvalue weighted by molar-refractivity contribution is 7.91. The number of allylic oxidation sites excluding steroid dienone is 1. The van der Waals surface area contributed by atoms with Crippen LogP contribution < -0.4 is 0 Å². The highest BCUT2D eigenvalue weighted by Gasteiger charge is 2.21. The van der Waals surface area contributed by atoms with Crippen LogP contribution in [0.4, 0.5) is 0 Å². The molecule has 0 aliphatic rings. The highest BCUT2D eigenvalue weighted by atomic mass is 32.2. The van der Waals surface area contributed by atoms with Crippen LogP contribution in [0.2, 0.25) is 0 Å². The first-order valence-electron chi connectivity index (χ1n) is 8.37. The van der Waals surface area contributed by atoms with Gasteiger partial charge < -0.3 is 4.42 Å². The third-order valence-corrected chi connectivity index (χ3v) is 6.84. The van der Waals surface area contributed by atoms with Crippen molar-refractivity contribution < 1.29 is 12.8 Å². The van der Waals surface area contributed by atoms with Gasteiger partial charge >= 0.3 is 0 Å². The van der Waals surface area contributed by atoms with Gasteiger partial charge in [0.05, 0.1) is 20.7 Å². The second-order valence-corrected chi connectivity index (χ2v) is 9.04. The minimum atomic E-state index is -3.75. The maximum atomic E-state index is 12.7. The first-order chi connectivity index (χ1) is 13.5. The molecule has 0 aliphatic heterocycles. The summed E-state index contributed by atoms with van der Waals surface area (Å²) in [4.78, 5) is 4.62. The quantitative estimate of drug-likeness (QED) is 0.441. The van der Waals surface area contributed by atoms with Crippen molar-refractivity contribution >= 4 is 43.0 Å². The Labute approximate surface area is 166 Å². The zero-order valence-corrected chi connectivity index (χ0v) is 16.4. The van der Waals surface area contributed by atoms with Crippen molar-refractivity contribution in [1.82, 2.24) is 4.98 Å². The number of aromatic nitrogens is 1. The van der Waals surface area contributed by atoms with Crippen LogP contribution in [0.25, 0.3) is 21.9 Å². The first kappa shape index (κ1) is 18.2. The van der Waals surface area contributed by atoms with Crippen LogP contribution in [0.1, 0.15) is 16.3 Å². The van der Waals surface area contributed by atoms with E-state index in [9.17, 15) is 13.7 Å². The molecule has 0 atom stereocenters. The van der Waals surface area contributed by atoms with Crippen LogP contribution in [0.15, 0.2) is 75.1 Å². The number of nitriles is 1. The monoisotopic (exact) mass is 406 g/mol. The topological polar surface area (TPSA) is 84.0 Å². The third kappa shape index (κ3) is 3.36. The van der Waals surface area contributed by atoms with Crippen molar-refractivity contribution in [3.63, 3.8) is 0 Å². The number of sulfone groups is 1. The number of rotatable bonds is 4. The van der Waals surface area contributed by atoms with Gasteiger partial charge in [0.1, 0.15) is 16.8 Å². The molecule has 2 aromatic carbocycles. The van der Waals surface area contributed by atoms with E-state index in [1.165, 1.54) is 29.5 Å². The SMILES string of the molecule is Cc1ccc(S(=O)(=O)c2ccc(/C=C(\C#N)c3nc4ccccc4s3)o2)cc1. The Morgan fingerprint density at radius 3 is 2.57 bits per heavy atom. The number of furan rings is 1. The molecule has 2 heterocycles. The predicted molar refractivity (Wildman–Crippen MR) is 108 cm³/mol. The second kappa shape index (κ2) is 7.08. The Hall–Kier alpha value is -3.21. The Bertz CT molecular complexity index is 1310. The van der Waals surface area contributed by atoms with Crippen LogP contribution in [0.5, 0.6) is 0 Å². The standard InChI is InChI=1S/C21H14N2O3S2/c1-14-6-9-17(10-7-14)28(24,25)20-11-8-16(26-20)12-15(13-22)21-23-18-4-2-3-5-19(18)27-21/h2-12H,1H3/b15-12+. The maximum absolute atomic E-state index is 12.7. The summed E-state index contributed by atoms with van der Waals surface area (Å²) in [6, 6.07) is 19.2. The molecule has 0 aliphatic carbocycles. The molecular weight excluding hydrogens is 392 g/mol. The van der Waals surface area contributed by atoms with Crippen molar-refractivity contribution in [3.8, 4) is 6.07 Å². The van der Waals surface area contributed by atoms with E-state index in [2.05, 4.69) is 11.1 Å². The first-order valence-corrected chi connectivity index (χ1v) is 10.7. The summed E-state index contributed by atoms with van der Waals surface area (Å²) >= 11 is 1.40. The molecule has 0 bridgehead atoms. The molecular formula is C21H14N2O3S2. The minimum absolute atomic E-state index is 0.162. The molecule has 7 heteroatoms. The summed E-state index contributed by atoms with van der Waals surface area (Å²) < 4.78 is 31.9. The van der Waals surface area contributed by atoms with Crippen LogP contribution in [0.3, 0.4) is 0 Å². The van der Waals surface area contributed by atoms with Crippen molar-refractivity contribution in [3.05, 3.63) is 77.0 Å². The number of thiazole rings is 1. The molecule has 28 heavy (non-hydrogen) atoms. The molecule has 0 amide bonds. The lowest BCUT2D eigenvalue weighted by Gasteiger charge is -2.01. The molecule has 2 aromatic heterocycles. The van der Waals surface area contributed by atoms with Gasteiger partial charge in [-0.25, -0.2) is 13.4 Å². The fourth-order valence-electron chi connectivity index (χ4n) is 2.66. The zero-order chi connectivity index (χ0) is 19.7. The Morgan fingerprint density at radius 2 is 1.86 bits per heavy atom. The Kier molecular flexibility index (Phi) is 4.59. The number of aryl methyl sites for hydroxylation is 1. The summed E-state index contributed by atoms with van der Waals surface area (Å²) in [5.41, 5.74) is 2.09. The molecule has 138 valence electrons. The fraction of sp³-hybridized carbons (Fsp3) is 0.0476. The van der Waals surface area contributed by atoms with Gasteiger partial charge in [-0.3, -0.25) is 0 Å². The van der Waals surface area contributed by atoms with Gasteiger partial charge in [0.2, 0.25) is 14.9 Å². The van der Waals surface area contributed by atoms with E-state index in [-0.39, 0.29) is 15.7 Å². The van der Waals surface area contributed by atoms with E-state index in [1.54, 1.807) is 24.3 Å². The lowest BCUT2D eigenvalue weighted by Crippen LogP contribution is -2.00. The van der Waals surface area contributed by atoms with Gasteiger partial charge in [0.25, 0.3) is 0 Å². The van der Waals surface area contributed by atoms with E-state index in [0.29, 0.717) is 10.6 Å². The Morgan fingerprint density at radius 1 is 1.11 bits per heavy atom. The molecule has 0 saturated heterocycles. The summed E-state index contributed by atoms with van der Waals surface area (Å²) in [5.74, 6) is 0.279. The lowest BCUT2D eigenvalue weighted by molar-refractivity contribution is 0.443. The van der Waals surface area contributed by atoms with Crippen LogP contribution >= 0.6 is 11.3 Å². The van der Waals surface area contributed by atoms with Crippen LogP contribution in [0, 0.1) is 18.3 Å². The molecule has 4 aromatic rings. The molecule has 0 radical (unpaired) electrons. The van der Waals surface area contributed by atoms with E-state index < -0.39 is 9.84 Å². The van der Waals surface area contributed by atoms with Crippen molar-refractivity contribution in [2.24, 2.45) is 0 Å². The molecule has 0 spiro atoms. The lowest BCUT2D eigenvalue weighted by atomic mass is 10.2. The molecule has 0 saturated carbocycles. The van der Waals surface area contributed by atoms with E-state index in [4.69, 9.17) is 4.42 Å². The number of fused-ring (bicyclic) bond motifs is 1. The van der Waals surface area contributed by atoms with Crippen molar-refractivity contribution in [2.75, 3.05) is 0 Å². The Balaban J connectivity index is 1.69. The zero-order valence-electron chi connectivity index (χ0n) is 14.8. The molecule has 0 unspecified atom stereocenters.